The first kappa shape index (κ1) is 43.4. The molecule has 6 rings (SSSR count). The number of sulfonamides is 3. The van der Waals surface area contributed by atoms with Crippen LogP contribution in [0.3, 0.4) is 0 Å². The van der Waals surface area contributed by atoms with Crippen molar-refractivity contribution in [2.24, 2.45) is 0 Å². The molecule has 0 aliphatic carbocycles. The van der Waals surface area contributed by atoms with Gasteiger partial charge in [0, 0.05) is 44.4 Å². The highest BCUT2D eigenvalue weighted by molar-refractivity contribution is 7.89. The quantitative estimate of drug-likeness (QED) is 0.164. The average Bonchev–Trinajstić information content (AvgIpc) is 3.22. The molecule has 2 aromatic heterocycles. The van der Waals surface area contributed by atoms with Crippen LogP contribution >= 0.6 is 0 Å². The first-order valence-electron chi connectivity index (χ1n) is 17.8. The first-order chi connectivity index (χ1) is 28.5. The topological polar surface area (TPSA) is 279 Å². The van der Waals surface area contributed by atoms with Gasteiger partial charge < -0.3 is 5.32 Å². The Hall–Kier alpha value is -6.15. The Morgan fingerprint density at radius 2 is 0.717 bits per heavy atom. The molecule has 0 atom stereocenters. The van der Waals surface area contributed by atoms with Crippen LogP contribution in [0.4, 0.5) is 17.1 Å². The molecule has 314 valence electrons. The van der Waals surface area contributed by atoms with E-state index < -0.39 is 103 Å². The Balaban J connectivity index is 1.47. The molecule has 24 heteroatoms. The van der Waals surface area contributed by atoms with E-state index in [4.69, 9.17) is 0 Å². The molecule has 0 saturated heterocycles. The monoisotopic (exact) mass is 881 g/mol. The highest BCUT2D eigenvalue weighted by Gasteiger charge is 2.35. The summed E-state index contributed by atoms with van der Waals surface area (Å²) in [6, 6.07) is 23.1. The molecule has 4 bridgehead atoms. The van der Waals surface area contributed by atoms with E-state index in [9.17, 15) is 55.6 Å². The predicted octanol–water partition coefficient (Wildman–Crippen LogP) is 3.58. The maximum atomic E-state index is 14.4. The molecule has 3 aromatic carbocycles. The Morgan fingerprint density at radius 3 is 1.03 bits per heavy atom. The fraction of sp³-hybridized carbons (Fsp3) is 0.222. The molecule has 0 amide bonds. The van der Waals surface area contributed by atoms with Gasteiger partial charge in [0.15, 0.2) is 14.7 Å². The minimum Gasteiger partial charge on any atom is -0.314 e. The number of rotatable bonds is 9. The molecule has 0 saturated carbocycles. The maximum absolute atomic E-state index is 14.4. The van der Waals surface area contributed by atoms with Crippen molar-refractivity contribution in [1.29, 1.82) is 0 Å². The summed E-state index contributed by atoms with van der Waals surface area (Å²) in [6.45, 7) is -2.80. The summed E-state index contributed by atoms with van der Waals surface area (Å²) in [5.74, 6) is 0. The SMILES string of the molecule is O=[N+]([O-])c1ccccc1S(=O)(=O)N1CCNCCN(S(=O)(=O)c2ccccc2[N+](=O)[O-])Cc2cccc(n2)CN(S(=O)(=O)c2ccccc2[N+](=O)[O-])Cc2cccc(n2)C1. The van der Waals surface area contributed by atoms with Crippen LogP contribution in [0.5, 0.6) is 0 Å². The third-order valence-electron chi connectivity index (χ3n) is 9.20. The lowest BCUT2D eigenvalue weighted by atomic mass is 10.2. The van der Waals surface area contributed by atoms with Crippen LogP contribution in [-0.2, 0) is 56.2 Å². The van der Waals surface area contributed by atoms with Crippen molar-refractivity contribution in [1.82, 2.24) is 28.2 Å². The normalized spacial score (nSPS) is 15.7. The van der Waals surface area contributed by atoms with Gasteiger partial charge >= 0.3 is 0 Å². The first-order valence-corrected chi connectivity index (χ1v) is 22.1. The van der Waals surface area contributed by atoms with Gasteiger partial charge in [0.1, 0.15) is 0 Å². The van der Waals surface area contributed by atoms with E-state index in [0.29, 0.717) is 0 Å². The van der Waals surface area contributed by atoms with E-state index in [1.807, 2.05) is 0 Å². The third kappa shape index (κ3) is 9.49. The second-order valence-electron chi connectivity index (χ2n) is 13.1. The minimum atomic E-state index is -4.73. The van der Waals surface area contributed by atoms with Crippen molar-refractivity contribution in [3.63, 3.8) is 0 Å². The summed E-state index contributed by atoms with van der Waals surface area (Å²) in [5.41, 5.74) is -1.67. The Labute approximate surface area is 343 Å². The van der Waals surface area contributed by atoms with Crippen LogP contribution in [0.25, 0.3) is 0 Å². The largest absolute Gasteiger partial charge is 0.314 e. The lowest BCUT2D eigenvalue weighted by Gasteiger charge is -2.25. The van der Waals surface area contributed by atoms with E-state index in [1.54, 1.807) is 0 Å². The van der Waals surface area contributed by atoms with Crippen LogP contribution in [0.2, 0.25) is 0 Å². The number of pyridine rings is 2. The Morgan fingerprint density at radius 1 is 0.433 bits per heavy atom. The van der Waals surface area contributed by atoms with Crippen molar-refractivity contribution in [3.05, 3.63) is 162 Å². The van der Waals surface area contributed by atoms with Gasteiger partial charge in [-0.1, -0.05) is 48.5 Å². The Kier molecular flexibility index (Phi) is 13.0. The van der Waals surface area contributed by atoms with Crippen molar-refractivity contribution in [3.8, 4) is 0 Å². The number of hydrogen-bond acceptors (Lipinski definition) is 15. The van der Waals surface area contributed by atoms with Gasteiger partial charge in [-0.15, -0.1) is 0 Å². The molecule has 0 fully saturated rings. The van der Waals surface area contributed by atoms with Gasteiger partial charge in [-0.2, -0.15) is 12.9 Å². The van der Waals surface area contributed by atoms with Crippen LogP contribution in [0, 0.1) is 30.3 Å². The second kappa shape index (κ2) is 18.0. The molecular weight excluding hydrogens is 847 g/mol. The highest BCUT2D eigenvalue weighted by Crippen LogP contribution is 2.31. The van der Waals surface area contributed by atoms with E-state index in [2.05, 4.69) is 15.3 Å². The molecule has 3 heterocycles. The molecule has 1 N–H and O–H groups in total. The summed E-state index contributed by atoms with van der Waals surface area (Å²) in [5, 5.41) is 38.8. The van der Waals surface area contributed by atoms with Crippen LogP contribution in [-0.4, -0.2) is 89.1 Å². The smallest absolute Gasteiger partial charge is 0.289 e. The Bertz CT molecular complexity index is 2650. The second-order valence-corrected chi connectivity index (χ2v) is 18.8. The van der Waals surface area contributed by atoms with Crippen molar-refractivity contribution >= 4 is 47.1 Å². The van der Waals surface area contributed by atoms with Gasteiger partial charge in [-0.05, 0) is 42.5 Å². The third-order valence-corrected chi connectivity index (χ3v) is 14.8. The summed E-state index contributed by atoms with van der Waals surface area (Å²) in [7, 11) is -14.0. The fourth-order valence-corrected chi connectivity index (χ4v) is 11.0. The predicted molar refractivity (Wildman–Crippen MR) is 212 cm³/mol. The zero-order valence-corrected chi connectivity index (χ0v) is 33.7. The van der Waals surface area contributed by atoms with E-state index >= 15 is 0 Å². The highest BCUT2D eigenvalue weighted by atomic mass is 32.2. The average molecular weight is 882 g/mol. The van der Waals surface area contributed by atoms with Crippen molar-refractivity contribution < 1.29 is 40.0 Å². The molecule has 0 spiro atoms. The van der Waals surface area contributed by atoms with Gasteiger partial charge in [0.25, 0.3) is 27.1 Å². The van der Waals surface area contributed by atoms with Crippen LogP contribution in [0.1, 0.15) is 22.8 Å². The molecule has 5 aromatic rings. The van der Waals surface area contributed by atoms with Gasteiger partial charge in [0.05, 0.1) is 63.7 Å². The summed E-state index contributed by atoms with van der Waals surface area (Å²) >= 11 is 0. The number of nitro benzene ring substituents is 3. The van der Waals surface area contributed by atoms with Crippen molar-refractivity contribution in [2.75, 3.05) is 26.2 Å². The molecular formula is C36H35N9O12S3. The van der Waals surface area contributed by atoms with Gasteiger partial charge in [0.2, 0.25) is 20.0 Å². The zero-order valence-electron chi connectivity index (χ0n) is 31.3. The molecule has 1 aliphatic heterocycles. The maximum Gasteiger partial charge on any atom is 0.289 e. The van der Waals surface area contributed by atoms with Gasteiger partial charge in [-0.25, -0.2) is 25.3 Å². The number of nitrogens with one attached hydrogen (secondary N) is 1. The number of nitrogens with zero attached hydrogens (tertiary/aromatic N) is 8. The lowest BCUT2D eigenvalue weighted by Crippen LogP contribution is -2.40. The summed E-state index contributed by atoms with van der Waals surface area (Å²) in [4.78, 5) is 40.5. The van der Waals surface area contributed by atoms with Crippen LogP contribution in [0.15, 0.2) is 124 Å². The van der Waals surface area contributed by atoms with E-state index in [0.717, 1.165) is 49.3 Å². The van der Waals surface area contributed by atoms with Crippen LogP contribution < -0.4 is 5.32 Å². The van der Waals surface area contributed by atoms with Gasteiger partial charge in [-0.3, -0.25) is 40.3 Å². The summed E-state index contributed by atoms with van der Waals surface area (Å²) in [6.07, 6.45) is 0. The van der Waals surface area contributed by atoms with E-state index in [1.165, 1.54) is 72.8 Å². The number of hydrogen-bond donors (Lipinski definition) is 1. The standard InChI is InChI=1S/C36H35N9O12S3/c46-43(47)31-13-1-4-16-34(31)58(52,53)40-21-19-37-20-22-41(59(54,55)35-17-5-2-14-32(35)44(48)49)24-28-10-8-12-30(39-28)26-42(25-29-11-7-9-27(23-40)38-29)60(56,57)36-18-6-3-15-33(36)45(50)51/h1-18,37H,19-26H2. The van der Waals surface area contributed by atoms with Crippen molar-refractivity contribution in [2.45, 2.75) is 40.9 Å². The lowest BCUT2D eigenvalue weighted by molar-refractivity contribution is -0.388. The molecule has 21 nitrogen and oxygen atoms in total. The molecule has 60 heavy (non-hydrogen) atoms. The molecule has 0 radical (unpaired) electrons. The fourth-order valence-electron chi connectivity index (χ4n) is 6.36. The number of fused-ring (bicyclic) bond motifs is 4. The number of aromatic nitrogens is 2. The van der Waals surface area contributed by atoms with E-state index in [-0.39, 0.29) is 49.0 Å². The summed E-state index contributed by atoms with van der Waals surface area (Å²) < 4.78 is 88.1. The zero-order chi connectivity index (χ0) is 43.2. The number of para-hydroxylation sites is 3. The molecule has 0 unspecified atom stereocenters. The molecule has 1 aliphatic rings. The minimum absolute atomic E-state index is 0.0924. The number of benzene rings is 3. The number of nitro groups is 3.